The third kappa shape index (κ3) is 5.23. The molecule has 4 N–H and O–H groups in total. The van der Waals surface area contributed by atoms with Gasteiger partial charge in [-0.25, -0.2) is 21.6 Å². The van der Waals surface area contributed by atoms with Gasteiger partial charge in [0, 0.05) is 23.5 Å². The molecule has 41 heavy (non-hydrogen) atoms. The van der Waals surface area contributed by atoms with Gasteiger partial charge in [-0.3, -0.25) is 9.78 Å². The number of hydrogen-bond acceptors (Lipinski definition) is 7. The molecule has 5 rings (SSSR count). The molecule has 3 aromatic rings. The molecule has 2 aromatic carbocycles. The Morgan fingerprint density at radius 1 is 1.00 bits per heavy atom. The van der Waals surface area contributed by atoms with Gasteiger partial charge in [0.1, 0.15) is 23.7 Å². The van der Waals surface area contributed by atoms with E-state index >= 15 is 0 Å². The summed E-state index contributed by atoms with van der Waals surface area (Å²) >= 11 is 6.26. The van der Waals surface area contributed by atoms with Gasteiger partial charge in [-0.15, -0.1) is 0 Å². The van der Waals surface area contributed by atoms with E-state index < -0.39 is 73.8 Å². The third-order valence-corrected chi connectivity index (χ3v) is 10.9. The number of anilines is 1. The van der Waals surface area contributed by atoms with Crippen molar-refractivity contribution in [2.75, 3.05) is 5.32 Å². The number of pyridine rings is 1. The van der Waals surface area contributed by atoms with E-state index in [9.17, 15) is 41.7 Å². The van der Waals surface area contributed by atoms with Crippen LogP contribution in [-0.4, -0.2) is 51.6 Å². The molecule has 8 nitrogen and oxygen atoms in total. The lowest BCUT2D eigenvalue weighted by atomic mass is 9.69. The standard InChI is InChI=1S/C28H26ClF3N2O6S/c29-19-7-3-14(27(37)34-17-6-8-20(30)22(32)13-17)10-23(19)41(39,40)18-11-15-4-5-16(12-18)28(15,38)26(36)25(35)24-21(31)2-1-9-33-24/h1-3,6-10,13,15-16,18,25-26,35-36,38H,4-5,11-12H2,(H,34,37)/t15-,16?,18?,25?,26?,28?/m0/s1. The molecule has 0 spiro atoms. The molecule has 2 aliphatic rings. The van der Waals surface area contributed by atoms with Crippen LogP contribution in [0.15, 0.2) is 59.6 Å². The maximum absolute atomic E-state index is 14.2. The van der Waals surface area contributed by atoms with E-state index in [1.165, 1.54) is 24.4 Å². The Kier molecular flexibility index (Phi) is 7.90. The lowest BCUT2D eigenvalue weighted by Gasteiger charge is -2.46. The summed E-state index contributed by atoms with van der Waals surface area (Å²) in [7, 11) is -4.16. The number of halogens is 4. The number of aliphatic hydroxyl groups is 3. The van der Waals surface area contributed by atoms with Gasteiger partial charge in [0.15, 0.2) is 21.5 Å². The van der Waals surface area contributed by atoms with E-state index in [0.29, 0.717) is 12.8 Å². The molecule has 2 aliphatic carbocycles. The van der Waals surface area contributed by atoms with Crippen molar-refractivity contribution in [3.63, 3.8) is 0 Å². The first kappa shape index (κ1) is 29.5. The minimum atomic E-state index is -4.16. The number of nitrogens with one attached hydrogen (secondary N) is 1. The Morgan fingerprint density at radius 3 is 2.32 bits per heavy atom. The van der Waals surface area contributed by atoms with E-state index in [4.69, 9.17) is 11.6 Å². The van der Waals surface area contributed by atoms with Gasteiger partial charge < -0.3 is 20.6 Å². The number of benzene rings is 2. The van der Waals surface area contributed by atoms with Crippen LogP contribution in [0.1, 0.15) is 47.8 Å². The minimum absolute atomic E-state index is 0.0391. The number of carbonyl (C=O) groups excluding carboxylic acids is 1. The second kappa shape index (κ2) is 11.0. The van der Waals surface area contributed by atoms with Crippen LogP contribution in [0.25, 0.3) is 0 Å². The maximum atomic E-state index is 14.2. The maximum Gasteiger partial charge on any atom is 0.255 e. The summed E-state index contributed by atoms with van der Waals surface area (Å²) in [4.78, 5) is 16.2. The topological polar surface area (TPSA) is 137 Å². The Balaban J connectivity index is 1.37. The predicted molar refractivity (Wildman–Crippen MR) is 142 cm³/mol. The fourth-order valence-electron chi connectivity index (χ4n) is 6.12. The summed E-state index contributed by atoms with van der Waals surface area (Å²) < 4.78 is 68.5. The molecular weight excluding hydrogens is 585 g/mol. The monoisotopic (exact) mass is 610 g/mol. The summed E-state index contributed by atoms with van der Waals surface area (Å²) in [5.41, 5.74) is -2.44. The lowest BCUT2D eigenvalue weighted by Crippen LogP contribution is -2.57. The first-order chi connectivity index (χ1) is 19.3. The van der Waals surface area contributed by atoms with Crippen molar-refractivity contribution in [2.45, 2.75) is 53.6 Å². The van der Waals surface area contributed by atoms with E-state index in [0.717, 1.165) is 30.3 Å². The van der Waals surface area contributed by atoms with Crippen molar-refractivity contribution in [1.82, 2.24) is 4.98 Å². The normalized spacial score (nSPS) is 25.5. The number of sulfone groups is 1. The molecule has 218 valence electrons. The molecule has 5 unspecified atom stereocenters. The second-order valence-corrected chi connectivity index (χ2v) is 13.1. The van der Waals surface area contributed by atoms with Crippen LogP contribution in [0.3, 0.4) is 0 Å². The molecule has 1 heterocycles. The molecule has 2 fully saturated rings. The van der Waals surface area contributed by atoms with Crippen LogP contribution < -0.4 is 5.32 Å². The van der Waals surface area contributed by atoms with E-state index in [2.05, 4.69) is 10.3 Å². The number of aliphatic hydroxyl groups excluding tert-OH is 2. The van der Waals surface area contributed by atoms with Gasteiger partial charge in [-0.05, 0) is 80.0 Å². The molecule has 2 bridgehead atoms. The Hall–Kier alpha value is -3.03. The summed E-state index contributed by atoms with van der Waals surface area (Å²) in [5.74, 6) is -5.37. The van der Waals surface area contributed by atoms with Crippen molar-refractivity contribution in [3.05, 3.63) is 88.5 Å². The summed E-state index contributed by atoms with van der Waals surface area (Å²) in [6.07, 6.45) is -1.83. The van der Waals surface area contributed by atoms with Crippen LogP contribution >= 0.6 is 11.6 Å². The third-order valence-electron chi connectivity index (χ3n) is 8.22. The molecule has 6 atom stereocenters. The van der Waals surface area contributed by atoms with Crippen LogP contribution in [0.4, 0.5) is 18.9 Å². The first-order valence-electron chi connectivity index (χ1n) is 12.8. The van der Waals surface area contributed by atoms with Crippen molar-refractivity contribution in [3.8, 4) is 0 Å². The zero-order valence-corrected chi connectivity index (χ0v) is 22.9. The Bertz CT molecular complexity index is 1590. The highest BCUT2D eigenvalue weighted by atomic mass is 35.5. The second-order valence-electron chi connectivity index (χ2n) is 10.5. The molecule has 13 heteroatoms. The lowest BCUT2D eigenvalue weighted by molar-refractivity contribution is -0.178. The first-order valence-corrected chi connectivity index (χ1v) is 14.7. The SMILES string of the molecule is O=C(Nc1ccc(F)c(F)c1)c1ccc(Cl)c(S(=O)(=O)C2CC3CC[C@@H](C2)C3(O)C(O)C(O)c2ncccc2F)c1. The molecular formula is C28H26ClF3N2O6S. The fourth-order valence-corrected chi connectivity index (χ4v) is 8.52. The largest absolute Gasteiger partial charge is 0.387 e. The number of hydrogen-bond donors (Lipinski definition) is 4. The molecule has 0 saturated heterocycles. The minimum Gasteiger partial charge on any atom is -0.387 e. The van der Waals surface area contributed by atoms with Crippen LogP contribution in [0, 0.1) is 29.3 Å². The number of nitrogens with zero attached hydrogens (tertiary/aromatic N) is 1. The smallest absolute Gasteiger partial charge is 0.255 e. The van der Waals surface area contributed by atoms with E-state index in [1.807, 2.05) is 0 Å². The van der Waals surface area contributed by atoms with Crippen LogP contribution in [0.2, 0.25) is 5.02 Å². The number of amides is 1. The zero-order chi connectivity index (χ0) is 29.7. The average Bonchev–Trinajstić information content (AvgIpc) is 3.10. The van der Waals surface area contributed by atoms with E-state index in [-0.39, 0.29) is 34.0 Å². The summed E-state index contributed by atoms with van der Waals surface area (Å²) in [6, 6.07) is 8.78. The van der Waals surface area contributed by atoms with Crippen LogP contribution in [0.5, 0.6) is 0 Å². The Morgan fingerprint density at radius 2 is 1.68 bits per heavy atom. The highest BCUT2D eigenvalue weighted by Gasteiger charge is 2.60. The molecule has 1 aromatic heterocycles. The molecule has 0 radical (unpaired) electrons. The van der Waals surface area contributed by atoms with Crippen molar-refractivity contribution < 1.29 is 41.7 Å². The molecule has 2 saturated carbocycles. The van der Waals surface area contributed by atoms with Gasteiger partial charge in [-0.1, -0.05) is 11.6 Å². The van der Waals surface area contributed by atoms with Crippen molar-refractivity contribution >= 4 is 33.0 Å². The molecule has 0 aliphatic heterocycles. The summed E-state index contributed by atoms with van der Waals surface area (Å²) in [6.45, 7) is 0. The van der Waals surface area contributed by atoms with Gasteiger partial charge >= 0.3 is 0 Å². The van der Waals surface area contributed by atoms with Gasteiger partial charge in [0.25, 0.3) is 5.91 Å². The van der Waals surface area contributed by atoms with Crippen molar-refractivity contribution in [2.24, 2.45) is 11.8 Å². The van der Waals surface area contributed by atoms with E-state index in [1.54, 1.807) is 0 Å². The van der Waals surface area contributed by atoms with Gasteiger partial charge in [0.2, 0.25) is 0 Å². The highest BCUT2D eigenvalue weighted by molar-refractivity contribution is 7.92. The number of rotatable bonds is 7. The predicted octanol–water partition coefficient (Wildman–Crippen LogP) is 4.19. The van der Waals surface area contributed by atoms with Gasteiger partial charge in [-0.2, -0.15) is 0 Å². The zero-order valence-electron chi connectivity index (χ0n) is 21.3. The van der Waals surface area contributed by atoms with Crippen LogP contribution in [-0.2, 0) is 9.84 Å². The van der Waals surface area contributed by atoms with Crippen molar-refractivity contribution in [1.29, 1.82) is 0 Å². The number of aromatic nitrogens is 1. The Labute approximate surface area is 238 Å². The number of fused-ring (bicyclic) bond motifs is 2. The van der Waals surface area contributed by atoms with Gasteiger partial charge in [0.05, 0.1) is 20.8 Å². The summed E-state index contributed by atoms with van der Waals surface area (Å²) in [5, 5.41) is 34.5. The average molecular weight is 611 g/mol. The quantitative estimate of drug-likeness (QED) is 0.315. The fraction of sp³-hybridized carbons (Fsp3) is 0.357. The molecule has 1 amide bonds. The number of carbonyl (C=O) groups is 1. The highest BCUT2D eigenvalue weighted by Crippen LogP contribution is 2.55.